The maximum absolute atomic E-state index is 5.59. The Morgan fingerprint density at radius 3 is 2.35 bits per heavy atom. The SMILES string of the molecule is CC(C)COCCN1CCN(CC(N)=S)CC1. The van der Waals surface area contributed by atoms with Crippen LogP contribution >= 0.6 is 12.2 Å². The smallest absolute Gasteiger partial charge is 0.0870 e. The number of ether oxygens (including phenoxy) is 1. The third-order valence-electron chi connectivity index (χ3n) is 2.85. The van der Waals surface area contributed by atoms with Gasteiger partial charge in [0.1, 0.15) is 0 Å². The van der Waals surface area contributed by atoms with Crippen LogP contribution in [0.5, 0.6) is 0 Å². The van der Waals surface area contributed by atoms with E-state index in [4.69, 9.17) is 22.7 Å². The highest BCUT2D eigenvalue weighted by Gasteiger charge is 2.16. The summed E-state index contributed by atoms with van der Waals surface area (Å²) in [4.78, 5) is 5.35. The van der Waals surface area contributed by atoms with E-state index in [9.17, 15) is 0 Å². The molecule has 0 aromatic heterocycles. The lowest BCUT2D eigenvalue weighted by Crippen LogP contribution is -2.49. The van der Waals surface area contributed by atoms with Gasteiger partial charge in [0.2, 0.25) is 0 Å². The van der Waals surface area contributed by atoms with Gasteiger partial charge < -0.3 is 10.5 Å². The molecule has 0 atom stereocenters. The Kier molecular flexibility index (Phi) is 6.96. The molecule has 0 saturated carbocycles. The summed E-state index contributed by atoms with van der Waals surface area (Å²) in [6, 6.07) is 0. The second kappa shape index (κ2) is 7.97. The Hall–Kier alpha value is -0.230. The molecule has 0 amide bonds. The van der Waals surface area contributed by atoms with Crippen LogP contribution in [-0.2, 0) is 4.74 Å². The zero-order valence-corrected chi connectivity index (χ0v) is 11.8. The third-order valence-corrected chi connectivity index (χ3v) is 2.98. The van der Waals surface area contributed by atoms with E-state index in [0.29, 0.717) is 10.9 Å². The van der Waals surface area contributed by atoms with Crippen molar-refractivity contribution in [1.29, 1.82) is 0 Å². The van der Waals surface area contributed by atoms with Crippen LogP contribution in [-0.4, -0.2) is 67.3 Å². The summed E-state index contributed by atoms with van der Waals surface area (Å²) in [5.74, 6) is 0.623. The molecule has 0 radical (unpaired) electrons. The van der Waals surface area contributed by atoms with Crippen molar-refractivity contribution in [3.8, 4) is 0 Å². The van der Waals surface area contributed by atoms with E-state index < -0.39 is 0 Å². The zero-order chi connectivity index (χ0) is 12.7. The molecule has 1 heterocycles. The molecule has 0 unspecified atom stereocenters. The van der Waals surface area contributed by atoms with Crippen LogP contribution in [0.25, 0.3) is 0 Å². The summed E-state index contributed by atoms with van der Waals surface area (Å²) in [5, 5.41) is 0. The molecule has 0 aromatic carbocycles. The van der Waals surface area contributed by atoms with Gasteiger partial charge in [0.15, 0.2) is 0 Å². The standard InChI is InChI=1S/C12H25N3OS/c1-11(2)10-16-8-7-14-3-5-15(6-4-14)9-12(13)17/h11H,3-10H2,1-2H3,(H2,13,17). The number of piperazine rings is 1. The molecule has 5 heteroatoms. The van der Waals surface area contributed by atoms with E-state index in [0.717, 1.165) is 52.5 Å². The maximum Gasteiger partial charge on any atom is 0.0870 e. The zero-order valence-electron chi connectivity index (χ0n) is 11.0. The fourth-order valence-electron chi connectivity index (χ4n) is 1.90. The molecule has 0 spiro atoms. The molecule has 1 fully saturated rings. The second-order valence-corrected chi connectivity index (χ2v) is 5.58. The maximum atomic E-state index is 5.59. The van der Waals surface area contributed by atoms with Crippen LogP contribution in [0, 0.1) is 5.92 Å². The van der Waals surface area contributed by atoms with Crippen molar-refractivity contribution in [1.82, 2.24) is 9.80 Å². The summed E-state index contributed by atoms with van der Waals surface area (Å²) in [6.07, 6.45) is 0. The lowest BCUT2D eigenvalue weighted by molar-refractivity contribution is 0.0675. The predicted molar refractivity (Wildman–Crippen MR) is 75.3 cm³/mol. The summed E-state index contributed by atoms with van der Waals surface area (Å²) in [7, 11) is 0. The molecule has 1 saturated heterocycles. The molecule has 1 aliphatic rings. The fraction of sp³-hybridized carbons (Fsp3) is 0.917. The number of hydrogen-bond donors (Lipinski definition) is 1. The molecule has 2 N–H and O–H groups in total. The number of hydrogen-bond acceptors (Lipinski definition) is 4. The molecular weight excluding hydrogens is 234 g/mol. The lowest BCUT2D eigenvalue weighted by atomic mass is 10.2. The predicted octanol–water partition coefficient (Wildman–Crippen LogP) is 0.563. The van der Waals surface area contributed by atoms with Crippen molar-refractivity contribution < 1.29 is 4.74 Å². The van der Waals surface area contributed by atoms with Crippen LogP contribution in [0.4, 0.5) is 0 Å². The van der Waals surface area contributed by atoms with Gasteiger partial charge in [-0.15, -0.1) is 0 Å². The van der Waals surface area contributed by atoms with Crippen molar-refractivity contribution in [2.75, 3.05) is 52.5 Å². The van der Waals surface area contributed by atoms with Crippen molar-refractivity contribution in [3.63, 3.8) is 0 Å². The van der Waals surface area contributed by atoms with Crippen molar-refractivity contribution in [2.45, 2.75) is 13.8 Å². The summed E-state index contributed by atoms with van der Waals surface area (Å²) >= 11 is 4.92. The normalized spacial score (nSPS) is 18.8. The molecule has 0 bridgehead atoms. The minimum absolute atomic E-state index is 0.596. The van der Waals surface area contributed by atoms with Gasteiger partial charge in [0, 0.05) is 45.9 Å². The summed E-state index contributed by atoms with van der Waals surface area (Å²) < 4.78 is 5.59. The van der Waals surface area contributed by atoms with Crippen LogP contribution in [0.15, 0.2) is 0 Å². The first-order valence-electron chi connectivity index (χ1n) is 6.38. The Bertz CT molecular complexity index is 228. The van der Waals surface area contributed by atoms with Crippen LogP contribution in [0.2, 0.25) is 0 Å². The highest BCUT2D eigenvalue weighted by Crippen LogP contribution is 2.01. The average molecular weight is 259 g/mol. The minimum Gasteiger partial charge on any atom is -0.392 e. The van der Waals surface area contributed by atoms with Gasteiger partial charge >= 0.3 is 0 Å². The molecule has 0 aromatic rings. The van der Waals surface area contributed by atoms with Gasteiger partial charge in [-0.3, -0.25) is 9.80 Å². The molecule has 1 aliphatic heterocycles. The largest absolute Gasteiger partial charge is 0.392 e. The Morgan fingerprint density at radius 1 is 1.24 bits per heavy atom. The van der Waals surface area contributed by atoms with Crippen molar-refractivity contribution in [3.05, 3.63) is 0 Å². The van der Waals surface area contributed by atoms with Crippen LogP contribution in [0.1, 0.15) is 13.8 Å². The highest BCUT2D eigenvalue weighted by molar-refractivity contribution is 7.80. The van der Waals surface area contributed by atoms with Crippen molar-refractivity contribution >= 4 is 17.2 Å². The summed E-state index contributed by atoms with van der Waals surface area (Å²) in [6.45, 7) is 12.1. The topological polar surface area (TPSA) is 41.7 Å². The third kappa shape index (κ3) is 6.93. The molecule has 100 valence electrons. The van der Waals surface area contributed by atoms with Gasteiger partial charge in [-0.25, -0.2) is 0 Å². The Balaban J connectivity index is 2.05. The van der Waals surface area contributed by atoms with E-state index in [1.54, 1.807) is 0 Å². The Morgan fingerprint density at radius 2 is 1.82 bits per heavy atom. The molecule has 17 heavy (non-hydrogen) atoms. The van der Waals surface area contributed by atoms with Gasteiger partial charge in [-0.1, -0.05) is 26.1 Å². The first-order valence-corrected chi connectivity index (χ1v) is 6.79. The average Bonchev–Trinajstić information content (AvgIpc) is 2.25. The van der Waals surface area contributed by atoms with E-state index in [2.05, 4.69) is 23.6 Å². The van der Waals surface area contributed by atoms with Gasteiger partial charge in [-0.05, 0) is 5.92 Å². The van der Waals surface area contributed by atoms with Crippen molar-refractivity contribution in [2.24, 2.45) is 11.7 Å². The number of nitrogens with two attached hydrogens (primary N) is 1. The highest BCUT2D eigenvalue weighted by atomic mass is 32.1. The molecule has 1 rings (SSSR count). The molecule has 0 aliphatic carbocycles. The van der Waals surface area contributed by atoms with E-state index in [1.165, 1.54) is 0 Å². The second-order valence-electron chi connectivity index (χ2n) is 5.05. The number of thiocarbonyl (C=S) groups is 1. The van der Waals surface area contributed by atoms with Gasteiger partial charge in [-0.2, -0.15) is 0 Å². The first-order chi connectivity index (χ1) is 8.08. The number of nitrogens with zero attached hydrogens (tertiary/aromatic N) is 2. The quantitative estimate of drug-likeness (QED) is 0.534. The molecule has 4 nitrogen and oxygen atoms in total. The van der Waals surface area contributed by atoms with E-state index >= 15 is 0 Å². The monoisotopic (exact) mass is 259 g/mol. The summed E-state index contributed by atoms with van der Waals surface area (Å²) in [5.41, 5.74) is 5.54. The number of rotatable bonds is 7. The molecular formula is C12H25N3OS. The fourth-order valence-corrected chi connectivity index (χ4v) is 2.09. The van der Waals surface area contributed by atoms with E-state index in [-0.39, 0.29) is 0 Å². The lowest BCUT2D eigenvalue weighted by Gasteiger charge is -2.34. The van der Waals surface area contributed by atoms with Crippen LogP contribution in [0.3, 0.4) is 0 Å². The van der Waals surface area contributed by atoms with Gasteiger partial charge in [0.25, 0.3) is 0 Å². The van der Waals surface area contributed by atoms with E-state index in [1.807, 2.05) is 0 Å². The van der Waals surface area contributed by atoms with Gasteiger partial charge in [0.05, 0.1) is 11.6 Å². The minimum atomic E-state index is 0.596. The Labute approximate surface area is 110 Å². The first kappa shape index (κ1) is 14.8. The van der Waals surface area contributed by atoms with Crippen LogP contribution < -0.4 is 5.73 Å².